The fourth-order valence-corrected chi connectivity index (χ4v) is 4.91. The molecule has 0 spiro atoms. The van der Waals surface area contributed by atoms with E-state index >= 15 is 0 Å². The predicted octanol–water partition coefficient (Wildman–Crippen LogP) is 6.84. The second-order valence-electron chi connectivity index (χ2n) is 9.74. The van der Waals surface area contributed by atoms with Gasteiger partial charge in [-0.25, -0.2) is 0 Å². The van der Waals surface area contributed by atoms with Crippen molar-refractivity contribution in [1.29, 1.82) is 0 Å². The van der Waals surface area contributed by atoms with E-state index < -0.39 is 0 Å². The van der Waals surface area contributed by atoms with Crippen molar-refractivity contribution in [3.05, 3.63) is 0 Å². The minimum absolute atomic E-state index is 0.584. The Morgan fingerprint density at radius 1 is 0.632 bits per heavy atom. The third kappa shape index (κ3) is 6.82. The van der Waals surface area contributed by atoms with Crippen molar-refractivity contribution in [2.45, 2.75) is 99.8 Å². The van der Waals surface area contributed by atoms with Crippen molar-refractivity contribution < 1.29 is 0 Å². The van der Waals surface area contributed by atoms with E-state index in [1.807, 2.05) is 0 Å². The molecule has 0 aliphatic heterocycles. The lowest BCUT2D eigenvalue weighted by Crippen LogP contribution is -2.32. The summed E-state index contributed by atoms with van der Waals surface area (Å²) in [4.78, 5) is 0. The van der Waals surface area contributed by atoms with Crippen molar-refractivity contribution in [3.63, 3.8) is 0 Å². The summed E-state index contributed by atoms with van der Waals surface area (Å²) in [5.41, 5.74) is 1.85. The molecule has 0 atom stereocenters. The van der Waals surface area contributed by atoms with Crippen LogP contribution in [0.5, 0.6) is 0 Å². The lowest BCUT2D eigenvalue weighted by atomic mass is 9.62. The lowest BCUT2D eigenvalue weighted by Gasteiger charge is -2.44. The van der Waals surface area contributed by atoms with Crippen LogP contribution in [-0.4, -0.2) is 0 Å². The molecule has 2 saturated carbocycles. The summed E-state index contributed by atoms with van der Waals surface area (Å²) in [5, 5.41) is 0. The zero-order valence-corrected chi connectivity index (χ0v) is 14.7. The third-order valence-corrected chi connectivity index (χ3v) is 4.97. The molecule has 0 unspecified atom stereocenters. The molecule has 0 aromatic rings. The number of rotatable bonds is 0. The third-order valence-electron chi connectivity index (χ3n) is 4.97. The molecule has 114 valence electrons. The quantitative estimate of drug-likeness (QED) is 0.450. The Kier molecular flexibility index (Phi) is 5.55. The van der Waals surface area contributed by atoms with E-state index in [1.54, 1.807) is 0 Å². The van der Waals surface area contributed by atoms with Gasteiger partial charge in [-0.15, -0.1) is 0 Å². The van der Waals surface area contributed by atoms with E-state index in [9.17, 15) is 0 Å². The topological polar surface area (TPSA) is 0 Å². The van der Waals surface area contributed by atoms with Crippen LogP contribution in [0.25, 0.3) is 0 Å². The van der Waals surface area contributed by atoms with Crippen LogP contribution in [0.1, 0.15) is 99.8 Å². The first kappa shape index (κ1) is 17.1. The second kappa shape index (κ2) is 6.19. The Morgan fingerprint density at radius 2 is 1.05 bits per heavy atom. The average molecular weight is 267 g/mol. The van der Waals surface area contributed by atoms with E-state index in [0.717, 1.165) is 5.92 Å². The SMILES string of the molecule is CC1(C)CCCCC1.CC1CC(C)(C)CC(C)(C)C1. The number of hydrogen-bond donors (Lipinski definition) is 0. The maximum absolute atomic E-state index is 2.41. The van der Waals surface area contributed by atoms with Gasteiger partial charge in [-0.05, 0) is 54.3 Å². The molecular weight excluding hydrogens is 228 g/mol. The summed E-state index contributed by atoms with van der Waals surface area (Å²) in [6, 6.07) is 0. The first-order valence-corrected chi connectivity index (χ1v) is 8.52. The second-order valence-corrected chi connectivity index (χ2v) is 9.74. The standard InChI is InChI=1S/C11H22.C8H16/c1-9-6-10(2,3)8-11(4,5)7-9;1-8(2)6-4-3-5-7-8/h9H,6-8H2,1-5H3;3-7H2,1-2H3. The van der Waals surface area contributed by atoms with Crippen LogP contribution in [0.15, 0.2) is 0 Å². The summed E-state index contributed by atoms with van der Waals surface area (Å²) < 4.78 is 0. The van der Waals surface area contributed by atoms with Gasteiger partial charge in [-0.1, -0.05) is 67.7 Å². The average Bonchev–Trinajstić information content (AvgIpc) is 2.11. The molecule has 0 amide bonds. The van der Waals surface area contributed by atoms with Crippen molar-refractivity contribution in [1.82, 2.24) is 0 Å². The van der Waals surface area contributed by atoms with E-state index in [1.165, 1.54) is 51.4 Å². The summed E-state index contributed by atoms with van der Waals surface area (Å²) in [6.45, 7) is 16.8. The summed E-state index contributed by atoms with van der Waals surface area (Å²) in [6.07, 6.45) is 11.5. The molecule has 19 heavy (non-hydrogen) atoms. The van der Waals surface area contributed by atoms with Crippen LogP contribution in [0.3, 0.4) is 0 Å². The van der Waals surface area contributed by atoms with Crippen molar-refractivity contribution in [2.24, 2.45) is 22.2 Å². The minimum Gasteiger partial charge on any atom is -0.0625 e. The monoisotopic (exact) mass is 266 g/mol. The van der Waals surface area contributed by atoms with Crippen LogP contribution in [0, 0.1) is 22.2 Å². The molecule has 0 heterocycles. The van der Waals surface area contributed by atoms with Gasteiger partial charge in [0.05, 0.1) is 0 Å². The molecule has 2 rings (SSSR count). The molecule has 2 fully saturated rings. The highest BCUT2D eigenvalue weighted by Gasteiger charge is 2.36. The smallest absolute Gasteiger partial charge is 0.0347 e. The summed E-state index contributed by atoms with van der Waals surface area (Å²) >= 11 is 0. The summed E-state index contributed by atoms with van der Waals surface area (Å²) in [5.74, 6) is 0.925. The maximum Gasteiger partial charge on any atom is -0.0347 e. The fraction of sp³-hybridized carbons (Fsp3) is 1.00. The summed E-state index contributed by atoms with van der Waals surface area (Å²) in [7, 11) is 0. The van der Waals surface area contributed by atoms with Gasteiger partial charge in [-0.2, -0.15) is 0 Å². The largest absolute Gasteiger partial charge is 0.0625 e. The minimum atomic E-state index is 0.584. The van der Waals surface area contributed by atoms with E-state index in [0.29, 0.717) is 16.2 Å². The van der Waals surface area contributed by atoms with Gasteiger partial charge in [0.2, 0.25) is 0 Å². The zero-order valence-electron chi connectivity index (χ0n) is 14.7. The molecule has 0 aromatic carbocycles. The predicted molar refractivity (Wildman–Crippen MR) is 87.4 cm³/mol. The van der Waals surface area contributed by atoms with Gasteiger partial charge in [0.15, 0.2) is 0 Å². The van der Waals surface area contributed by atoms with Crippen LogP contribution in [0.2, 0.25) is 0 Å². The maximum atomic E-state index is 2.41. The molecular formula is C19H38. The molecule has 0 saturated heterocycles. The van der Waals surface area contributed by atoms with E-state index in [-0.39, 0.29) is 0 Å². The van der Waals surface area contributed by atoms with Gasteiger partial charge in [0.1, 0.15) is 0 Å². The van der Waals surface area contributed by atoms with E-state index in [4.69, 9.17) is 0 Å². The van der Waals surface area contributed by atoms with E-state index in [2.05, 4.69) is 48.5 Å². The highest BCUT2D eigenvalue weighted by Crippen LogP contribution is 2.47. The highest BCUT2D eigenvalue weighted by molar-refractivity contribution is 4.87. The van der Waals surface area contributed by atoms with Crippen LogP contribution < -0.4 is 0 Å². The highest BCUT2D eigenvalue weighted by atomic mass is 14.4. The fourth-order valence-electron chi connectivity index (χ4n) is 4.91. The first-order chi connectivity index (χ1) is 8.52. The van der Waals surface area contributed by atoms with Crippen LogP contribution in [-0.2, 0) is 0 Å². The molecule has 0 bridgehead atoms. The molecule has 0 N–H and O–H groups in total. The molecule has 0 aromatic heterocycles. The molecule has 0 heteroatoms. The van der Waals surface area contributed by atoms with Gasteiger partial charge in [0, 0.05) is 0 Å². The molecule has 2 aliphatic rings. The Morgan fingerprint density at radius 3 is 1.32 bits per heavy atom. The first-order valence-electron chi connectivity index (χ1n) is 8.52. The van der Waals surface area contributed by atoms with Gasteiger partial charge in [0.25, 0.3) is 0 Å². The Bertz CT molecular complexity index is 246. The van der Waals surface area contributed by atoms with Gasteiger partial charge in [-0.3, -0.25) is 0 Å². The molecule has 0 nitrogen and oxygen atoms in total. The lowest BCUT2D eigenvalue weighted by molar-refractivity contribution is 0.0754. The van der Waals surface area contributed by atoms with Crippen molar-refractivity contribution in [2.75, 3.05) is 0 Å². The number of hydrogen-bond acceptors (Lipinski definition) is 0. The molecule has 0 radical (unpaired) electrons. The van der Waals surface area contributed by atoms with Gasteiger partial charge < -0.3 is 0 Å². The van der Waals surface area contributed by atoms with Crippen LogP contribution >= 0.6 is 0 Å². The zero-order chi connectivity index (χ0) is 14.7. The Balaban J connectivity index is 0.000000200. The molecule has 2 aliphatic carbocycles. The van der Waals surface area contributed by atoms with Crippen LogP contribution in [0.4, 0.5) is 0 Å². The van der Waals surface area contributed by atoms with Crippen molar-refractivity contribution in [3.8, 4) is 0 Å². The normalized spacial score (nSPS) is 29.2. The Hall–Kier alpha value is 0. The Labute approximate surface area is 122 Å². The van der Waals surface area contributed by atoms with Gasteiger partial charge >= 0.3 is 0 Å². The van der Waals surface area contributed by atoms with Crippen molar-refractivity contribution >= 4 is 0 Å².